The van der Waals surface area contributed by atoms with E-state index in [4.69, 9.17) is 4.52 Å². The van der Waals surface area contributed by atoms with E-state index < -0.39 is 8.03 Å². The Kier molecular flexibility index (Phi) is 2.47. The maximum absolute atomic E-state index is 11.6. The minimum atomic E-state index is -1.35. The van der Waals surface area contributed by atoms with Gasteiger partial charge in [0.25, 0.3) is 0 Å². The first-order valence-electron chi connectivity index (χ1n) is 4.90. The lowest BCUT2D eigenvalue weighted by Gasteiger charge is -2.10. The summed E-state index contributed by atoms with van der Waals surface area (Å²) < 4.78 is 16.7. The molecule has 0 radical (unpaired) electrons. The highest BCUT2D eigenvalue weighted by molar-refractivity contribution is 7.40. The Morgan fingerprint density at radius 1 is 1.42 bits per heavy atom. The lowest BCUT2D eigenvalue weighted by molar-refractivity contribution is 0.329. The highest BCUT2D eigenvalue weighted by Crippen LogP contribution is 2.54. The first-order chi connectivity index (χ1) is 5.81. The lowest BCUT2D eigenvalue weighted by atomic mass is 10.0. The van der Waals surface area contributed by atoms with Gasteiger partial charge in [0.1, 0.15) is 0 Å². The monoisotopic (exact) mass is 187 g/mol. The van der Waals surface area contributed by atoms with Crippen LogP contribution in [0.1, 0.15) is 32.6 Å². The van der Waals surface area contributed by atoms with E-state index in [1.807, 2.05) is 6.92 Å². The summed E-state index contributed by atoms with van der Waals surface area (Å²) in [5, 5.41) is 0. The Labute approximate surface area is 74.6 Å². The summed E-state index contributed by atoms with van der Waals surface area (Å²) in [6.45, 7) is 2.52. The Bertz CT molecular complexity index is 193. The van der Waals surface area contributed by atoms with Crippen molar-refractivity contribution in [1.29, 1.82) is 0 Å². The second-order valence-corrected chi connectivity index (χ2v) is 5.44. The quantitative estimate of drug-likeness (QED) is 0.635. The fourth-order valence-electron chi connectivity index (χ4n) is 2.69. The second kappa shape index (κ2) is 3.43. The number of fused-ring (bicyclic) bond motifs is 2. The number of rotatable bonds is 3. The van der Waals surface area contributed by atoms with Crippen LogP contribution in [0.25, 0.3) is 0 Å². The first-order valence-corrected chi connectivity index (χ1v) is 6.15. The van der Waals surface area contributed by atoms with Crippen molar-refractivity contribution in [3.05, 3.63) is 0 Å². The Balaban J connectivity index is 1.93. The van der Waals surface area contributed by atoms with Crippen LogP contribution in [0.4, 0.5) is 0 Å². The van der Waals surface area contributed by atoms with E-state index in [2.05, 4.69) is 0 Å². The van der Waals surface area contributed by atoms with Gasteiger partial charge in [-0.25, -0.2) is 0 Å². The topological polar surface area (TPSA) is 26.3 Å². The third-order valence-electron chi connectivity index (χ3n) is 3.23. The van der Waals surface area contributed by atoms with Gasteiger partial charge in [-0.3, -0.25) is 0 Å². The van der Waals surface area contributed by atoms with E-state index >= 15 is 0 Å². The van der Waals surface area contributed by atoms with Crippen molar-refractivity contribution in [2.75, 3.05) is 6.61 Å². The average Bonchev–Trinajstić information content (AvgIpc) is 2.64. The van der Waals surface area contributed by atoms with Crippen LogP contribution in [-0.4, -0.2) is 12.3 Å². The number of hydrogen-bond acceptors (Lipinski definition) is 2. The minimum absolute atomic E-state index is 0.402. The molecule has 0 aliphatic heterocycles. The molecule has 4 atom stereocenters. The summed E-state index contributed by atoms with van der Waals surface area (Å²) in [7, 11) is -1.35. The van der Waals surface area contributed by atoms with Gasteiger partial charge >= 0.3 is 8.03 Å². The first kappa shape index (κ1) is 8.65. The van der Waals surface area contributed by atoms with E-state index in [-0.39, 0.29) is 0 Å². The zero-order valence-corrected chi connectivity index (χ0v) is 8.43. The molecule has 0 aromatic rings. The van der Waals surface area contributed by atoms with Crippen molar-refractivity contribution in [2.45, 2.75) is 38.3 Å². The van der Waals surface area contributed by atoms with Crippen molar-refractivity contribution in [3.8, 4) is 0 Å². The minimum Gasteiger partial charge on any atom is -0.146 e. The van der Waals surface area contributed by atoms with Crippen molar-refractivity contribution < 1.29 is 9.09 Å². The summed E-state index contributed by atoms with van der Waals surface area (Å²) in [4.78, 5) is 0. The summed E-state index contributed by atoms with van der Waals surface area (Å²) in [5.74, 6) is 1.60. The summed E-state index contributed by atoms with van der Waals surface area (Å²) >= 11 is 0. The Morgan fingerprint density at radius 2 is 2.25 bits per heavy atom. The highest BCUT2D eigenvalue weighted by Gasteiger charge is 2.50. The summed E-state index contributed by atoms with van der Waals surface area (Å²) in [5.41, 5.74) is 0.402. The molecule has 2 fully saturated rings. The molecule has 0 spiro atoms. The smallest absolute Gasteiger partial charge is 0.146 e. The Hall–Kier alpha value is 0.0600. The van der Waals surface area contributed by atoms with Crippen molar-refractivity contribution in [2.24, 2.45) is 11.8 Å². The fourth-order valence-corrected chi connectivity index (χ4v) is 4.22. The van der Waals surface area contributed by atoms with Gasteiger partial charge in [-0.1, -0.05) is 0 Å². The van der Waals surface area contributed by atoms with Crippen LogP contribution in [0.5, 0.6) is 0 Å². The number of hydrogen-bond donors (Lipinski definition) is 0. The van der Waals surface area contributed by atoms with Gasteiger partial charge in [0.2, 0.25) is 0 Å². The molecule has 0 heterocycles. The second-order valence-electron chi connectivity index (χ2n) is 3.95. The molecule has 0 N–H and O–H groups in total. The molecule has 12 heavy (non-hydrogen) atoms. The molecular weight excluding hydrogens is 171 g/mol. The van der Waals surface area contributed by atoms with Crippen LogP contribution in [0.3, 0.4) is 0 Å². The molecule has 0 aromatic carbocycles. The predicted molar refractivity (Wildman–Crippen MR) is 48.5 cm³/mol. The van der Waals surface area contributed by atoms with Crippen molar-refractivity contribution in [1.82, 2.24) is 0 Å². The third kappa shape index (κ3) is 1.43. The SMILES string of the molecule is CCO[P+](=O)[C@H]1C[C@H]2CC[C@H]1C2. The van der Waals surface area contributed by atoms with Crippen molar-refractivity contribution in [3.63, 3.8) is 0 Å². The maximum Gasteiger partial charge on any atom is 0.511 e. The molecule has 0 amide bonds. The van der Waals surface area contributed by atoms with Gasteiger partial charge in [-0.2, -0.15) is 0 Å². The molecule has 0 aromatic heterocycles. The molecule has 3 heteroatoms. The van der Waals surface area contributed by atoms with Gasteiger partial charge in [0.05, 0.1) is 6.61 Å². The molecular formula is C9H16O2P+. The van der Waals surface area contributed by atoms with Gasteiger partial charge in [0.15, 0.2) is 5.66 Å². The van der Waals surface area contributed by atoms with E-state index in [1.165, 1.54) is 25.7 Å². The molecule has 2 aliphatic rings. The van der Waals surface area contributed by atoms with Crippen molar-refractivity contribution >= 4 is 8.03 Å². The molecule has 1 unspecified atom stereocenters. The van der Waals surface area contributed by atoms with Crippen LogP contribution in [0.2, 0.25) is 0 Å². The molecule has 0 saturated heterocycles. The van der Waals surface area contributed by atoms with E-state index in [1.54, 1.807) is 0 Å². The van der Waals surface area contributed by atoms with Gasteiger partial charge in [-0.05, 0) is 36.7 Å². The van der Waals surface area contributed by atoms with E-state index in [0.29, 0.717) is 12.3 Å². The predicted octanol–water partition coefficient (Wildman–Crippen LogP) is 2.95. The molecule has 2 saturated carbocycles. The Morgan fingerprint density at radius 3 is 2.75 bits per heavy atom. The van der Waals surface area contributed by atoms with Crippen LogP contribution < -0.4 is 0 Å². The maximum atomic E-state index is 11.6. The largest absolute Gasteiger partial charge is 0.511 e. The average molecular weight is 187 g/mol. The van der Waals surface area contributed by atoms with Gasteiger partial charge in [-0.15, -0.1) is 4.52 Å². The van der Waals surface area contributed by atoms with E-state index in [9.17, 15) is 4.57 Å². The lowest BCUT2D eigenvalue weighted by Crippen LogP contribution is -2.12. The van der Waals surface area contributed by atoms with Crippen LogP contribution in [-0.2, 0) is 9.09 Å². The van der Waals surface area contributed by atoms with Gasteiger partial charge in [0, 0.05) is 12.3 Å². The zero-order valence-electron chi connectivity index (χ0n) is 7.53. The zero-order chi connectivity index (χ0) is 8.55. The standard InChI is InChI=1S/C9H16O2P/c1-2-11-12(10)9-6-7-3-4-8(9)5-7/h7-9H,2-6H2,1H3/q+1/t7-,8-,9-/m0/s1. The molecule has 2 bridgehead atoms. The summed E-state index contributed by atoms with van der Waals surface area (Å²) in [6, 6.07) is 0. The normalized spacial score (nSPS) is 40.4. The van der Waals surface area contributed by atoms with E-state index in [0.717, 1.165) is 11.8 Å². The molecule has 2 nitrogen and oxygen atoms in total. The molecule has 2 aliphatic carbocycles. The summed E-state index contributed by atoms with van der Waals surface area (Å²) in [6.07, 6.45) is 5.15. The van der Waals surface area contributed by atoms with Crippen LogP contribution in [0, 0.1) is 11.8 Å². The third-order valence-corrected chi connectivity index (χ3v) is 4.91. The van der Waals surface area contributed by atoms with Crippen LogP contribution in [0.15, 0.2) is 0 Å². The fraction of sp³-hybridized carbons (Fsp3) is 1.00. The molecule has 2 rings (SSSR count). The highest BCUT2D eigenvalue weighted by atomic mass is 31.1. The van der Waals surface area contributed by atoms with Crippen LogP contribution >= 0.6 is 8.03 Å². The molecule has 68 valence electrons. The van der Waals surface area contributed by atoms with Gasteiger partial charge < -0.3 is 0 Å².